The summed E-state index contributed by atoms with van der Waals surface area (Å²) in [6, 6.07) is 14.3. The molecule has 0 saturated carbocycles. The second-order valence-electron chi connectivity index (χ2n) is 6.35. The molecule has 0 aliphatic carbocycles. The summed E-state index contributed by atoms with van der Waals surface area (Å²) >= 11 is 5.91. The van der Waals surface area contributed by atoms with Gasteiger partial charge in [-0.25, -0.2) is 0 Å². The van der Waals surface area contributed by atoms with Crippen molar-refractivity contribution in [3.8, 4) is 0 Å². The minimum absolute atomic E-state index is 0.0525. The number of hydrogen-bond donors (Lipinski definition) is 2. The Kier molecular flexibility index (Phi) is 6.12. The highest BCUT2D eigenvalue weighted by atomic mass is 35.5. The molecule has 0 atom stereocenters. The van der Waals surface area contributed by atoms with Gasteiger partial charge in [-0.3, -0.25) is 9.59 Å². The molecule has 0 unspecified atom stereocenters. The normalized spacial score (nSPS) is 14.0. The first-order valence-electron chi connectivity index (χ1n) is 8.80. The van der Waals surface area contributed by atoms with Crippen molar-refractivity contribution in [3.05, 3.63) is 59.1 Å². The number of nitrogens with zero attached hydrogens (tertiary/aromatic N) is 1. The SMILES string of the molecule is O=C(CNc1cccc(C(=O)N2CCCCC2)c1)Nc1cccc(Cl)c1. The molecule has 3 rings (SSSR count). The number of benzene rings is 2. The fraction of sp³-hybridized carbons (Fsp3) is 0.300. The Bertz CT molecular complexity index is 788. The number of hydrogen-bond acceptors (Lipinski definition) is 3. The third kappa shape index (κ3) is 4.99. The fourth-order valence-corrected chi connectivity index (χ4v) is 3.19. The fourth-order valence-electron chi connectivity index (χ4n) is 3.00. The molecule has 6 heteroatoms. The van der Waals surface area contributed by atoms with Gasteiger partial charge in [-0.2, -0.15) is 0 Å². The Labute approximate surface area is 158 Å². The quantitative estimate of drug-likeness (QED) is 0.834. The first-order chi connectivity index (χ1) is 12.6. The van der Waals surface area contributed by atoms with E-state index in [1.165, 1.54) is 6.42 Å². The van der Waals surface area contributed by atoms with Crippen LogP contribution in [0.1, 0.15) is 29.6 Å². The van der Waals surface area contributed by atoms with Crippen LogP contribution in [0.2, 0.25) is 5.02 Å². The van der Waals surface area contributed by atoms with Crippen LogP contribution in [-0.2, 0) is 4.79 Å². The Morgan fingerprint density at radius 3 is 2.46 bits per heavy atom. The van der Waals surface area contributed by atoms with Gasteiger partial charge in [0.2, 0.25) is 5.91 Å². The third-order valence-electron chi connectivity index (χ3n) is 4.31. The Balaban J connectivity index is 1.56. The number of nitrogens with one attached hydrogen (secondary N) is 2. The van der Waals surface area contributed by atoms with E-state index in [1.54, 1.807) is 30.3 Å². The van der Waals surface area contributed by atoms with Crippen LogP contribution in [0.4, 0.5) is 11.4 Å². The number of anilines is 2. The van der Waals surface area contributed by atoms with Crippen LogP contribution in [0.3, 0.4) is 0 Å². The summed E-state index contributed by atoms with van der Waals surface area (Å²) in [6.45, 7) is 1.74. The maximum absolute atomic E-state index is 12.6. The molecule has 1 aliphatic rings. The van der Waals surface area contributed by atoms with E-state index >= 15 is 0 Å². The molecule has 0 bridgehead atoms. The maximum Gasteiger partial charge on any atom is 0.253 e. The number of rotatable bonds is 5. The molecule has 2 aromatic carbocycles. The molecule has 2 amide bonds. The maximum atomic E-state index is 12.6. The standard InChI is InChI=1S/C20H22ClN3O2/c21-16-7-5-9-18(13-16)23-19(25)14-22-17-8-4-6-15(12-17)20(26)24-10-2-1-3-11-24/h4-9,12-13,22H,1-3,10-11,14H2,(H,23,25). The van der Waals surface area contributed by atoms with Crippen molar-refractivity contribution in [2.24, 2.45) is 0 Å². The lowest BCUT2D eigenvalue weighted by atomic mass is 10.1. The molecule has 0 radical (unpaired) electrons. The lowest BCUT2D eigenvalue weighted by molar-refractivity contribution is -0.114. The van der Waals surface area contributed by atoms with Crippen LogP contribution >= 0.6 is 11.6 Å². The number of piperidine rings is 1. The Morgan fingerprint density at radius 2 is 1.69 bits per heavy atom. The topological polar surface area (TPSA) is 61.4 Å². The zero-order valence-corrected chi connectivity index (χ0v) is 15.3. The van der Waals surface area contributed by atoms with E-state index in [0.717, 1.165) is 31.6 Å². The van der Waals surface area contributed by atoms with Gasteiger partial charge >= 0.3 is 0 Å². The minimum Gasteiger partial charge on any atom is -0.376 e. The van der Waals surface area contributed by atoms with Crippen molar-refractivity contribution < 1.29 is 9.59 Å². The van der Waals surface area contributed by atoms with Gasteiger partial charge in [0.05, 0.1) is 6.54 Å². The summed E-state index contributed by atoms with van der Waals surface area (Å²) < 4.78 is 0. The molecular weight excluding hydrogens is 350 g/mol. The van der Waals surface area contributed by atoms with E-state index in [-0.39, 0.29) is 18.4 Å². The van der Waals surface area contributed by atoms with E-state index in [4.69, 9.17) is 11.6 Å². The van der Waals surface area contributed by atoms with Gasteiger partial charge in [0, 0.05) is 35.1 Å². The van der Waals surface area contributed by atoms with E-state index in [1.807, 2.05) is 23.1 Å². The van der Waals surface area contributed by atoms with Gasteiger partial charge in [-0.15, -0.1) is 0 Å². The van der Waals surface area contributed by atoms with Crippen molar-refractivity contribution in [1.29, 1.82) is 0 Å². The first-order valence-corrected chi connectivity index (χ1v) is 9.18. The smallest absolute Gasteiger partial charge is 0.253 e. The number of likely N-dealkylation sites (tertiary alicyclic amines) is 1. The second-order valence-corrected chi connectivity index (χ2v) is 6.78. The number of halogens is 1. The molecule has 136 valence electrons. The van der Waals surface area contributed by atoms with Crippen molar-refractivity contribution in [3.63, 3.8) is 0 Å². The first kappa shape index (κ1) is 18.3. The number of carbonyl (C=O) groups is 2. The molecule has 1 fully saturated rings. The molecule has 1 aliphatic heterocycles. The predicted molar refractivity (Wildman–Crippen MR) is 105 cm³/mol. The molecule has 0 aromatic heterocycles. The van der Waals surface area contributed by atoms with Crippen LogP contribution in [-0.4, -0.2) is 36.3 Å². The van der Waals surface area contributed by atoms with E-state index in [9.17, 15) is 9.59 Å². The lowest BCUT2D eigenvalue weighted by Crippen LogP contribution is -2.35. The largest absolute Gasteiger partial charge is 0.376 e. The van der Waals surface area contributed by atoms with Gasteiger partial charge in [0.1, 0.15) is 0 Å². The summed E-state index contributed by atoms with van der Waals surface area (Å²) in [5, 5.41) is 6.41. The highest BCUT2D eigenvalue weighted by molar-refractivity contribution is 6.30. The number of amides is 2. The monoisotopic (exact) mass is 371 g/mol. The van der Waals surface area contributed by atoms with Crippen LogP contribution in [0.5, 0.6) is 0 Å². The van der Waals surface area contributed by atoms with Gasteiger partial charge in [-0.1, -0.05) is 23.7 Å². The van der Waals surface area contributed by atoms with Crippen molar-refractivity contribution in [2.45, 2.75) is 19.3 Å². The second kappa shape index (κ2) is 8.72. The van der Waals surface area contributed by atoms with Crippen LogP contribution in [0, 0.1) is 0 Å². The molecule has 0 spiro atoms. The molecule has 5 nitrogen and oxygen atoms in total. The molecule has 2 N–H and O–H groups in total. The predicted octanol–water partition coefficient (Wildman–Crippen LogP) is 4.02. The minimum atomic E-state index is -0.181. The van der Waals surface area contributed by atoms with Crippen LogP contribution in [0.15, 0.2) is 48.5 Å². The number of carbonyl (C=O) groups excluding carboxylic acids is 2. The van der Waals surface area contributed by atoms with E-state index in [0.29, 0.717) is 16.3 Å². The van der Waals surface area contributed by atoms with Crippen molar-refractivity contribution in [1.82, 2.24) is 4.90 Å². The zero-order chi connectivity index (χ0) is 18.4. The van der Waals surface area contributed by atoms with Crippen LogP contribution in [0.25, 0.3) is 0 Å². The van der Waals surface area contributed by atoms with Gasteiger partial charge in [0.25, 0.3) is 5.91 Å². The Hall–Kier alpha value is -2.53. The molecule has 1 saturated heterocycles. The summed E-state index contributed by atoms with van der Waals surface area (Å²) in [4.78, 5) is 26.5. The average molecular weight is 372 g/mol. The summed E-state index contributed by atoms with van der Waals surface area (Å²) in [6.07, 6.45) is 3.31. The van der Waals surface area contributed by atoms with Crippen molar-refractivity contribution in [2.75, 3.05) is 30.3 Å². The van der Waals surface area contributed by atoms with Gasteiger partial charge in [-0.05, 0) is 55.7 Å². The van der Waals surface area contributed by atoms with E-state index < -0.39 is 0 Å². The summed E-state index contributed by atoms with van der Waals surface area (Å²) in [5.74, 6) is -0.128. The zero-order valence-electron chi connectivity index (χ0n) is 14.5. The lowest BCUT2D eigenvalue weighted by Gasteiger charge is -2.26. The molecule has 2 aromatic rings. The van der Waals surface area contributed by atoms with Gasteiger partial charge < -0.3 is 15.5 Å². The highest BCUT2D eigenvalue weighted by Crippen LogP contribution is 2.17. The van der Waals surface area contributed by atoms with Gasteiger partial charge in [0.15, 0.2) is 0 Å². The molecule has 26 heavy (non-hydrogen) atoms. The Morgan fingerprint density at radius 1 is 0.962 bits per heavy atom. The van der Waals surface area contributed by atoms with E-state index in [2.05, 4.69) is 10.6 Å². The third-order valence-corrected chi connectivity index (χ3v) is 4.55. The molecular formula is C20H22ClN3O2. The summed E-state index contributed by atoms with van der Waals surface area (Å²) in [7, 11) is 0. The summed E-state index contributed by atoms with van der Waals surface area (Å²) in [5.41, 5.74) is 2.04. The highest BCUT2D eigenvalue weighted by Gasteiger charge is 2.18. The van der Waals surface area contributed by atoms with Crippen molar-refractivity contribution >= 4 is 34.8 Å². The van der Waals surface area contributed by atoms with Crippen LogP contribution < -0.4 is 10.6 Å². The molecule has 1 heterocycles. The average Bonchev–Trinajstić information content (AvgIpc) is 2.67.